The van der Waals surface area contributed by atoms with Crippen molar-refractivity contribution in [2.75, 3.05) is 4.90 Å². The van der Waals surface area contributed by atoms with Crippen LogP contribution in [-0.2, 0) is 0 Å². The third-order valence-electron chi connectivity index (χ3n) is 13.4. The number of hydrogen-bond donors (Lipinski definition) is 0. The van der Waals surface area contributed by atoms with Crippen molar-refractivity contribution >= 4 is 71.3 Å². The molecule has 12 aromatic rings. The molecule has 0 bridgehead atoms. The second kappa shape index (κ2) is 14.4. The highest BCUT2D eigenvalue weighted by Crippen LogP contribution is 2.51. The van der Waals surface area contributed by atoms with Crippen LogP contribution < -0.4 is 4.90 Å². The molecule has 1 atom stereocenters. The van der Waals surface area contributed by atoms with E-state index in [1.54, 1.807) is 0 Å². The SMILES string of the molecule is CC1c2ccccc2N(c2ccccc2)c2ccc(-c3cccc4c3c3c5ccccc5ccc3n4-c3cccc(-c4nc(-c5ccccc5)c5ccc6ccccc6c5n4)c3)cc21. The van der Waals surface area contributed by atoms with Crippen LogP contribution in [0.25, 0.3) is 93.7 Å². The Kier molecular flexibility index (Phi) is 8.16. The van der Waals surface area contributed by atoms with Crippen LogP contribution in [0.2, 0.25) is 0 Å². The van der Waals surface area contributed by atoms with E-state index in [9.17, 15) is 0 Å². The summed E-state index contributed by atoms with van der Waals surface area (Å²) >= 11 is 0. The lowest BCUT2D eigenvalue weighted by molar-refractivity contribution is 0.892. The lowest BCUT2D eigenvalue weighted by Gasteiger charge is -2.37. The number of para-hydroxylation sites is 2. The molecule has 300 valence electrons. The monoisotopic (exact) mass is 816 g/mol. The van der Waals surface area contributed by atoms with Gasteiger partial charge in [0.25, 0.3) is 0 Å². The fraction of sp³-hybridized carbons (Fsp3) is 0.0333. The molecule has 0 saturated heterocycles. The molecule has 0 saturated carbocycles. The van der Waals surface area contributed by atoms with Gasteiger partial charge in [-0.15, -0.1) is 0 Å². The Hall–Kier alpha value is -8.34. The number of rotatable bonds is 5. The van der Waals surface area contributed by atoms with Gasteiger partial charge in [-0.05, 0) is 99.1 Å². The normalized spacial score (nSPS) is 13.5. The van der Waals surface area contributed by atoms with Gasteiger partial charge in [0.1, 0.15) is 0 Å². The second-order valence-corrected chi connectivity index (χ2v) is 16.9. The zero-order chi connectivity index (χ0) is 42.3. The van der Waals surface area contributed by atoms with Gasteiger partial charge >= 0.3 is 0 Å². The molecule has 0 N–H and O–H groups in total. The first-order chi connectivity index (χ1) is 31.7. The zero-order valence-corrected chi connectivity index (χ0v) is 35.2. The zero-order valence-electron chi connectivity index (χ0n) is 35.2. The summed E-state index contributed by atoms with van der Waals surface area (Å²) in [6, 6.07) is 79.0. The molecular formula is C60H40N4. The van der Waals surface area contributed by atoms with Crippen molar-refractivity contribution in [1.82, 2.24) is 14.5 Å². The van der Waals surface area contributed by atoms with Gasteiger partial charge in [-0.2, -0.15) is 0 Å². The van der Waals surface area contributed by atoms with Crippen LogP contribution in [0.3, 0.4) is 0 Å². The maximum absolute atomic E-state index is 5.36. The maximum atomic E-state index is 5.36. The molecule has 0 spiro atoms. The summed E-state index contributed by atoms with van der Waals surface area (Å²) in [7, 11) is 0. The highest BCUT2D eigenvalue weighted by molar-refractivity contribution is 6.25. The summed E-state index contributed by atoms with van der Waals surface area (Å²) in [6.07, 6.45) is 0. The van der Waals surface area contributed by atoms with Crippen molar-refractivity contribution in [3.8, 4) is 39.5 Å². The van der Waals surface area contributed by atoms with E-state index < -0.39 is 0 Å². The van der Waals surface area contributed by atoms with E-state index in [1.165, 1.54) is 55.2 Å². The predicted molar refractivity (Wildman–Crippen MR) is 267 cm³/mol. The minimum atomic E-state index is 0.216. The molecule has 1 aliphatic rings. The van der Waals surface area contributed by atoms with E-state index >= 15 is 0 Å². The number of aromatic nitrogens is 3. The third kappa shape index (κ3) is 5.56. The van der Waals surface area contributed by atoms with Gasteiger partial charge in [-0.3, -0.25) is 0 Å². The summed E-state index contributed by atoms with van der Waals surface area (Å²) in [5.41, 5.74) is 16.0. The van der Waals surface area contributed by atoms with Crippen molar-refractivity contribution < 1.29 is 0 Å². The number of benzene rings is 10. The van der Waals surface area contributed by atoms with Gasteiger partial charge in [0, 0.05) is 61.3 Å². The molecule has 0 fully saturated rings. The molecule has 1 aliphatic heterocycles. The highest BCUT2D eigenvalue weighted by Gasteiger charge is 2.30. The molecular weight excluding hydrogens is 777 g/mol. The fourth-order valence-corrected chi connectivity index (χ4v) is 10.4. The Morgan fingerprint density at radius 1 is 0.406 bits per heavy atom. The Bertz CT molecular complexity index is 3810. The smallest absolute Gasteiger partial charge is 0.160 e. The number of fused-ring (bicyclic) bond motifs is 10. The number of hydrogen-bond acceptors (Lipinski definition) is 3. The van der Waals surface area contributed by atoms with E-state index in [-0.39, 0.29) is 5.92 Å². The molecule has 1 unspecified atom stereocenters. The van der Waals surface area contributed by atoms with E-state index in [0.717, 1.165) is 60.9 Å². The Labute approximate surface area is 371 Å². The van der Waals surface area contributed by atoms with Crippen molar-refractivity contribution in [3.05, 3.63) is 230 Å². The van der Waals surface area contributed by atoms with Gasteiger partial charge in [0.05, 0.1) is 22.2 Å². The Balaban J connectivity index is 1.03. The van der Waals surface area contributed by atoms with E-state index in [1.807, 2.05) is 0 Å². The highest BCUT2D eigenvalue weighted by atomic mass is 15.2. The second-order valence-electron chi connectivity index (χ2n) is 16.9. The third-order valence-corrected chi connectivity index (χ3v) is 13.4. The lowest BCUT2D eigenvalue weighted by Crippen LogP contribution is -2.20. The first-order valence-electron chi connectivity index (χ1n) is 22.1. The van der Waals surface area contributed by atoms with Crippen LogP contribution in [0, 0.1) is 0 Å². The van der Waals surface area contributed by atoms with Gasteiger partial charge in [0.2, 0.25) is 0 Å². The van der Waals surface area contributed by atoms with Crippen LogP contribution in [0.1, 0.15) is 24.0 Å². The van der Waals surface area contributed by atoms with Crippen LogP contribution in [0.5, 0.6) is 0 Å². The average Bonchev–Trinajstić information content (AvgIpc) is 3.72. The number of anilines is 3. The summed E-state index contributed by atoms with van der Waals surface area (Å²) in [6.45, 7) is 2.35. The summed E-state index contributed by atoms with van der Waals surface area (Å²) in [4.78, 5) is 13.1. The summed E-state index contributed by atoms with van der Waals surface area (Å²) < 4.78 is 2.44. The molecule has 3 heterocycles. The molecule has 4 nitrogen and oxygen atoms in total. The molecule has 0 amide bonds. The summed E-state index contributed by atoms with van der Waals surface area (Å²) in [5, 5.41) is 8.26. The van der Waals surface area contributed by atoms with Crippen molar-refractivity contribution in [2.24, 2.45) is 0 Å². The minimum Gasteiger partial charge on any atom is -0.310 e. The molecule has 13 rings (SSSR count). The summed E-state index contributed by atoms with van der Waals surface area (Å²) in [5.74, 6) is 0.915. The first kappa shape index (κ1) is 36.3. The standard InChI is InChI=1S/C60H40N4/c1-38-46-24-12-13-28-52(46)63(44-21-6-3-7-22-44)53-34-32-42(37-51(38)53)48-27-15-29-54-57(48)56-47-25-10-8-16-39(47)31-35-55(56)64(54)45-23-14-20-43(36-45)60-61-58(41-18-4-2-5-19-41)50-33-30-40-17-9-11-26-49(40)59(50)62-60/h2-38H,1H3. The van der Waals surface area contributed by atoms with E-state index in [4.69, 9.17) is 9.97 Å². The van der Waals surface area contributed by atoms with Gasteiger partial charge in [-0.1, -0.05) is 165 Å². The van der Waals surface area contributed by atoms with Crippen LogP contribution in [0.15, 0.2) is 218 Å². The van der Waals surface area contributed by atoms with Crippen molar-refractivity contribution in [2.45, 2.75) is 12.8 Å². The van der Waals surface area contributed by atoms with Crippen molar-refractivity contribution in [3.63, 3.8) is 0 Å². The maximum Gasteiger partial charge on any atom is 0.160 e. The van der Waals surface area contributed by atoms with E-state index in [2.05, 4.69) is 235 Å². The molecule has 0 aliphatic carbocycles. The van der Waals surface area contributed by atoms with Crippen LogP contribution in [0.4, 0.5) is 17.1 Å². The average molecular weight is 817 g/mol. The molecule has 4 heteroatoms. The largest absolute Gasteiger partial charge is 0.310 e. The van der Waals surface area contributed by atoms with Crippen molar-refractivity contribution in [1.29, 1.82) is 0 Å². The molecule has 10 aromatic carbocycles. The topological polar surface area (TPSA) is 34.0 Å². The predicted octanol–water partition coefficient (Wildman–Crippen LogP) is 16.0. The molecule has 2 aromatic heterocycles. The minimum absolute atomic E-state index is 0.216. The van der Waals surface area contributed by atoms with E-state index in [0.29, 0.717) is 5.82 Å². The number of nitrogens with zero attached hydrogens (tertiary/aromatic N) is 4. The molecule has 0 radical (unpaired) electrons. The lowest BCUT2D eigenvalue weighted by atomic mass is 9.84. The Morgan fingerprint density at radius 2 is 1.06 bits per heavy atom. The van der Waals surface area contributed by atoms with Gasteiger partial charge in [-0.25, -0.2) is 9.97 Å². The van der Waals surface area contributed by atoms with Gasteiger partial charge in [0.15, 0.2) is 5.82 Å². The first-order valence-corrected chi connectivity index (χ1v) is 22.1. The van der Waals surface area contributed by atoms with Crippen LogP contribution >= 0.6 is 0 Å². The fourth-order valence-electron chi connectivity index (χ4n) is 10.4. The van der Waals surface area contributed by atoms with Gasteiger partial charge < -0.3 is 9.47 Å². The molecule has 64 heavy (non-hydrogen) atoms. The Morgan fingerprint density at radius 3 is 1.92 bits per heavy atom. The van der Waals surface area contributed by atoms with Crippen LogP contribution in [-0.4, -0.2) is 14.5 Å². The quantitative estimate of drug-likeness (QED) is 0.162.